The molecule has 1 saturated heterocycles. The van der Waals surface area contributed by atoms with Crippen molar-refractivity contribution >= 4 is 16.7 Å². The van der Waals surface area contributed by atoms with Crippen LogP contribution >= 0.6 is 0 Å². The molecule has 4 rings (SSSR count). The molecule has 0 aliphatic carbocycles. The highest BCUT2D eigenvalue weighted by molar-refractivity contribution is 6.10. The molecule has 2 heterocycles. The lowest BCUT2D eigenvalue weighted by atomic mass is 9.92. The summed E-state index contributed by atoms with van der Waals surface area (Å²) in [5.41, 5.74) is 3.58. The van der Waals surface area contributed by atoms with Crippen LogP contribution < -0.4 is 0 Å². The summed E-state index contributed by atoms with van der Waals surface area (Å²) in [5, 5.41) is 0.950. The van der Waals surface area contributed by atoms with Crippen LogP contribution in [0.4, 0.5) is 0 Å². The minimum Gasteiger partial charge on any atom is -0.296 e. The van der Waals surface area contributed by atoms with Gasteiger partial charge in [0.05, 0.1) is 17.3 Å². The third kappa shape index (κ3) is 3.08. The molecule has 1 unspecified atom stereocenters. The van der Waals surface area contributed by atoms with Crippen LogP contribution in [0.3, 0.4) is 0 Å². The predicted molar refractivity (Wildman–Crippen MR) is 102 cm³/mol. The number of nitrogens with zero attached hydrogens (tertiary/aromatic N) is 2. The number of likely N-dealkylation sites (tertiary alicyclic amines) is 1. The number of carbonyl (C=O) groups excluding carboxylic acids is 1. The number of ketones is 1. The fourth-order valence-corrected chi connectivity index (χ4v) is 3.72. The van der Waals surface area contributed by atoms with E-state index in [0.29, 0.717) is 0 Å². The standard InChI is InChI=1S/C22H22N2O/c1-24-14-8-7-13-21(24)22(25)18-15-20(16-9-3-2-4-10-16)23-19-12-6-5-11-17(18)19/h2-6,9-12,15,21H,7-8,13-14H2,1H3. The zero-order valence-corrected chi connectivity index (χ0v) is 14.5. The molecule has 0 spiro atoms. The van der Waals surface area contributed by atoms with Crippen LogP contribution in [0.25, 0.3) is 22.2 Å². The number of rotatable bonds is 3. The lowest BCUT2D eigenvalue weighted by Gasteiger charge is -2.31. The number of benzene rings is 2. The van der Waals surface area contributed by atoms with Crippen LogP contribution in [-0.4, -0.2) is 35.3 Å². The van der Waals surface area contributed by atoms with E-state index in [-0.39, 0.29) is 11.8 Å². The first-order valence-electron chi connectivity index (χ1n) is 8.94. The second-order valence-electron chi connectivity index (χ2n) is 6.79. The highest BCUT2D eigenvalue weighted by Gasteiger charge is 2.28. The third-order valence-electron chi connectivity index (χ3n) is 5.12. The van der Waals surface area contributed by atoms with E-state index < -0.39 is 0 Å². The SMILES string of the molecule is CN1CCCCC1C(=O)c1cc(-c2ccccc2)nc2ccccc12. The third-order valence-corrected chi connectivity index (χ3v) is 5.12. The van der Waals surface area contributed by atoms with E-state index in [4.69, 9.17) is 4.98 Å². The summed E-state index contributed by atoms with van der Waals surface area (Å²) in [6.07, 6.45) is 3.23. The van der Waals surface area contributed by atoms with Gasteiger partial charge in [-0.25, -0.2) is 4.98 Å². The molecular formula is C22H22N2O. The van der Waals surface area contributed by atoms with Crippen molar-refractivity contribution in [1.82, 2.24) is 9.88 Å². The van der Waals surface area contributed by atoms with E-state index in [0.717, 1.165) is 47.1 Å². The van der Waals surface area contributed by atoms with Gasteiger partial charge in [-0.2, -0.15) is 0 Å². The number of para-hydroxylation sites is 1. The minimum atomic E-state index is -0.0248. The van der Waals surface area contributed by atoms with Crippen LogP contribution in [0.15, 0.2) is 60.7 Å². The Kier molecular flexibility index (Phi) is 4.33. The molecule has 3 heteroatoms. The van der Waals surface area contributed by atoms with Crippen molar-refractivity contribution in [1.29, 1.82) is 0 Å². The Bertz CT molecular complexity index is 904. The Morgan fingerprint density at radius 1 is 1.04 bits per heavy atom. The largest absolute Gasteiger partial charge is 0.296 e. The Labute approximate surface area is 148 Å². The van der Waals surface area contributed by atoms with E-state index in [1.807, 2.05) is 60.7 Å². The molecule has 1 aliphatic heterocycles. The molecule has 2 aromatic carbocycles. The van der Waals surface area contributed by atoms with Crippen molar-refractivity contribution < 1.29 is 4.79 Å². The normalized spacial score (nSPS) is 18.4. The average molecular weight is 330 g/mol. The number of pyridine rings is 1. The Hall–Kier alpha value is -2.52. The van der Waals surface area contributed by atoms with Gasteiger partial charge >= 0.3 is 0 Å². The maximum Gasteiger partial charge on any atom is 0.180 e. The van der Waals surface area contributed by atoms with Gasteiger partial charge in [0.15, 0.2) is 5.78 Å². The number of hydrogen-bond acceptors (Lipinski definition) is 3. The van der Waals surface area contributed by atoms with Gasteiger partial charge in [0.2, 0.25) is 0 Å². The second kappa shape index (κ2) is 6.77. The highest BCUT2D eigenvalue weighted by Crippen LogP contribution is 2.28. The zero-order chi connectivity index (χ0) is 17.2. The Morgan fingerprint density at radius 2 is 1.80 bits per heavy atom. The van der Waals surface area contributed by atoms with Crippen molar-refractivity contribution in [3.63, 3.8) is 0 Å². The van der Waals surface area contributed by atoms with Gasteiger partial charge in [-0.05, 0) is 38.6 Å². The molecule has 1 atom stereocenters. The molecule has 0 saturated carbocycles. The first-order valence-corrected chi connectivity index (χ1v) is 8.94. The second-order valence-corrected chi connectivity index (χ2v) is 6.79. The van der Waals surface area contributed by atoms with Crippen LogP contribution in [0, 0.1) is 0 Å². The van der Waals surface area contributed by atoms with Gasteiger partial charge in [-0.15, -0.1) is 0 Å². The highest BCUT2D eigenvalue weighted by atomic mass is 16.1. The number of piperidine rings is 1. The topological polar surface area (TPSA) is 33.2 Å². The minimum absolute atomic E-state index is 0.0248. The van der Waals surface area contributed by atoms with Crippen LogP contribution in [0.1, 0.15) is 29.6 Å². The maximum atomic E-state index is 13.3. The molecule has 0 N–H and O–H groups in total. The monoisotopic (exact) mass is 330 g/mol. The number of aromatic nitrogens is 1. The number of fused-ring (bicyclic) bond motifs is 1. The smallest absolute Gasteiger partial charge is 0.180 e. The van der Waals surface area contributed by atoms with Gasteiger partial charge in [-0.1, -0.05) is 55.0 Å². The van der Waals surface area contributed by atoms with E-state index >= 15 is 0 Å². The molecule has 126 valence electrons. The molecule has 1 aromatic heterocycles. The quantitative estimate of drug-likeness (QED) is 0.660. The number of hydrogen-bond donors (Lipinski definition) is 0. The van der Waals surface area contributed by atoms with Crippen molar-refractivity contribution in [3.05, 3.63) is 66.2 Å². The van der Waals surface area contributed by atoms with Gasteiger partial charge < -0.3 is 0 Å². The number of Topliss-reactive ketones (excluding diaryl/α,β-unsaturated/α-hetero) is 1. The summed E-state index contributed by atoms with van der Waals surface area (Å²) in [6, 6.07) is 20.0. The van der Waals surface area contributed by atoms with Crippen molar-refractivity contribution in [2.75, 3.05) is 13.6 Å². The molecule has 0 amide bonds. The fraction of sp³-hybridized carbons (Fsp3) is 0.273. The Balaban J connectivity index is 1.85. The van der Waals surface area contributed by atoms with Crippen LogP contribution in [0.2, 0.25) is 0 Å². The van der Waals surface area contributed by atoms with E-state index in [9.17, 15) is 4.79 Å². The summed E-state index contributed by atoms with van der Waals surface area (Å²) in [6.45, 7) is 0.991. The Morgan fingerprint density at radius 3 is 2.60 bits per heavy atom. The fourth-order valence-electron chi connectivity index (χ4n) is 3.72. The van der Waals surface area contributed by atoms with Crippen molar-refractivity contribution in [2.24, 2.45) is 0 Å². The van der Waals surface area contributed by atoms with Crippen molar-refractivity contribution in [2.45, 2.75) is 25.3 Å². The van der Waals surface area contributed by atoms with E-state index in [1.54, 1.807) is 0 Å². The lowest BCUT2D eigenvalue weighted by Crippen LogP contribution is -2.42. The predicted octanol–water partition coefficient (Wildman–Crippen LogP) is 4.57. The van der Waals surface area contributed by atoms with Gasteiger partial charge in [0.1, 0.15) is 0 Å². The van der Waals surface area contributed by atoms with Crippen LogP contribution in [0.5, 0.6) is 0 Å². The van der Waals surface area contributed by atoms with E-state index in [1.165, 1.54) is 6.42 Å². The molecular weight excluding hydrogens is 308 g/mol. The zero-order valence-electron chi connectivity index (χ0n) is 14.5. The number of carbonyl (C=O) groups is 1. The molecule has 0 bridgehead atoms. The molecule has 1 aliphatic rings. The summed E-state index contributed by atoms with van der Waals surface area (Å²) in [7, 11) is 2.06. The molecule has 25 heavy (non-hydrogen) atoms. The lowest BCUT2D eigenvalue weighted by molar-refractivity contribution is 0.0800. The first-order chi connectivity index (χ1) is 12.2. The van der Waals surface area contributed by atoms with Crippen LogP contribution in [-0.2, 0) is 0 Å². The molecule has 3 aromatic rings. The maximum absolute atomic E-state index is 13.3. The van der Waals surface area contributed by atoms with Gasteiger partial charge in [-0.3, -0.25) is 9.69 Å². The van der Waals surface area contributed by atoms with Crippen molar-refractivity contribution in [3.8, 4) is 11.3 Å². The molecule has 0 radical (unpaired) electrons. The van der Waals surface area contributed by atoms with Gasteiger partial charge in [0.25, 0.3) is 0 Å². The summed E-state index contributed by atoms with van der Waals surface area (Å²) >= 11 is 0. The summed E-state index contributed by atoms with van der Waals surface area (Å²) in [5.74, 6) is 0.220. The first kappa shape index (κ1) is 16.0. The summed E-state index contributed by atoms with van der Waals surface area (Å²) < 4.78 is 0. The summed E-state index contributed by atoms with van der Waals surface area (Å²) in [4.78, 5) is 20.3. The number of likely N-dealkylation sites (N-methyl/N-ethyl adjacent to an activating group) is 1. The van der Waals surface area contributed by atoms with Gasteiger partial charge in [0, 0.05) is 16.5 Å². The molecule has 3 nitrogen and oxygen atoms in total. The van der Waals surface area contributed by atoms with E-state index in [2.05, 4.69) is 11.9 Å². The molecule has 1 fully saturated rings. The average Bonchev–Trinajstić information content (AvgIpc) is 2.67.